The lowest BCUT2D eigenvalue weighted by Gasteiger charge is -2.25. The van der Waals surface area contributed by atoms with Crippen LogP contribution in [0.5, 0.6) is 0 Å². The summed E-state index contributed by atoms with van der Waals surface area (Å²) in [6.07, 6.45) is 2.34. The highest BCUT2D eigenvalue weighted by Crippen LogP contribution is 2.20. The first-order valence-electron chi connectivity index (χ1n) is 10.4. The molecule has 4 rings (SSSR count). The molecule has 3 aromatic carbocycles. The van der Waals surface area contributed by atoms with Gasteiger partial charge in [0.15, 0.2) is 0 Å². The number of nitrogens with one attached hydrogen (secondary N) is 2. The molecule has 5 heteroatoms. The summed E-state index contributed by atoms with van der Waals surface area (Å²) in [5, 5.41) is 0.520. The van der Waals surface area contributed by atoms with Gasteiger partial charge in [0.25, 0.3) is 0 Å². The van der Waals surface area contributed by atoms with Gasteiger partial charge in [-0.1, -0.05) is 41.9 Å². The van der Waals surface area contributed by atoms with E-state index in [1.165, 1.54) is 37.5 Å². The highest BCUT2D eigenvalue weighted by Gasteiger charge is 2.41. The zero-order chi connectivity index (χ0) is 21.1. The first-order valence-corrected chi connectivity index (χ1v) is 12.0. The molecule has 0 aromatic heterocycles. The van der Waals surface area contributed by atoms with Gasteiger partial charge in [0.1, 0.15) is 32.0 Å². The van der Waals surface area contributed by atoms with Crippen molar-refractivity contribution in [2.24, 2.45) is 0 Å². The van der Waals surface area contributed by atoms with Crippen LogP contribution in [0.2, 0.25) is 5.02 Å². The molecule has 30 heavy (non-hydrogen) atoms. The number of thioether (sulfide) groups is 1. The molecule has 0 radical (unpaired) electrons. The summed E-state index contributed by atoms with van der Waals surface area (Å²) in [5.74, 6) is -0.209. The second kappa shape index (κ2) is 9.52. The van der Waals surface area contributed by atoms with Gasteiger partial charge in [0.05, 0.1) is 16.1 Å². The maximum Gasteiger partial charge on any atom is 0.241 e. The summed E-state index contributed by atoms with van der Waals surface area (Å²) >= 11 is 8.12. The summed E-state index contributed by atoms with van der Waals surface area (Å²) < 4.78 is 14.5. The first kappa shape index (κ1) is 21.4. The normalized spacial score (nSPS) is 21.1. The molecule has 156 valence electrons. The molecule has 0 spiro atoms. The minimum absolute atomic E-state index is 0.209. The molecular formula is C25H28ClFN2S+2. The van der Waals surface area contributed by atoms with Crippen LogP contribution in [0.15, 0.2) is 71.6 Å². The van der Waals surface area contributed by atoms with Crippen molar-refractivity contribution < 1.29 is 14.2 Å². The zero-order valence-corrected chi connectivity index (χ0v) is 19.0. The van der Waals surface area contributed by atoms with E-state index in [-0.39, 0.29) is 12.0 Å². The van der Waals surface area contributed by atoms with E-state index in [4.69, 9.17) is 11.6 Å². The van der Waals surface area contributed by atoms with Crippen LogP contribution in [0.25, 0.3) is 0 Å². The molecule has 3 aromatic rings. The third-order valence-electron chi connectivity index (χ3n) is 6.18. The van der Waals surface area contributed by atoms with Crippen LogP contribution in [-0.2, 0) is 13.1 Å². The maximum atomic E-state index is 14.5. The van der Waals surface area contributed by atoms with Crippen molar-refractivity contribution in [2.75, 3.05) is 19.3 Å². The Labute approximate surface area is 187 Å². The van der Waals surface area contributed by atoms with Gasteiger partial charge < -0.3 is 0 Å². The molecule has 3 atom stereocenters. The molecule has 0 amide bonds. The number of rotatable bonds is 6. The van der Waals surface area contributed by atoms with Gasteiger partial charge in [0.2, 0.25) is 6.17 Å². The van der Waals surface area contributed by atoms with E-state index in [1.54, 1.807) is 23.9 Å². The van der Waals surface area contributed by atoms with Gasteiger partial charge in [-0.2, -0.15) is 0 Å². The van der Waals surface area contributed by atoms with Crippen molar-refractivity contribution in [1.82, 2.24) is 0 Å². The third kappa shape index (κ3) is 4.57. The van der Waals surface area contributed by atoms with Crippen LogP contribution < -0.4 is 9.80 Å². The lowest BCUT2D eigenvalue weighted by atomic mass is 10.1. The molecule has 0 saturated carbocycles. The summed E-state index contributed by atoms with van der Waals surface area (Å²) in [5.41, 5.74) is 4.63. The first-order chi connectivity index (χ1) is 14.6. The SMILES string of the molecule is CSc1ccc(C2[NH+](Cc3ccccc3C)CC[NH+]2Cc2c(F)cccc2Cl)cc1. The van der Waals surface area contributed by atoms with Crippen LogP contribution in [0.1, 0.15) is 28.4 Å². The van der Waals surface area contributed by atoms with Gasteiger partial charge in [-0.15, -0.1) is 11.8 Å². The van der Waals surface area contributed by atoms with Crippen LogP contribution in [0.4, 0.5) is 4.39 Å². The Morgan fingerprint density at radius 2 is 1.63 bits per heavy atom. The van der Waals surface area contributed by atoms with Crippen molar-refractivity contribution >= 4 is 23.4 Å². The van der Waals surface area contributed by atoms with E-state index in [2.05, 4.69) is 61.7 Å². The van der Waals surface area contributed by atoms with E-state index < -0.39 is 0 Å². The zero-order valence-electron chi connectivity index (χ0n) is 17.4. The lowest BCUT2D eigenvalue weighted by Crippen LogP contribution is -3.22. The molecule has 1 heterocycles. The van der Waals surface area contributed by atoms with Crippen LogP contribution in [-0.4, -0.2) is 19.3 Å². The Bertz CT molecular complexity index is 988. The average molecular weight is 443 g/mol. The van der Waals surface area contributed by atoms with Crippen LogP contribution >= 0.6 is 23.4 Å². The second-order valence-electron chi connectivity index (χ2n) is 8.00. The molecule has 1 fully saturated rings. The molecule has 1 aliphatic rings. The Morgan fingerprint density at radius 3 is 2.30 bits per heavy atom. The van der Waals surface area contributed by atoms with Gasteiger partial charge in [-0.05, 0) is 55.1 Å². The number of halogens is 2. The summed E-state index contributed by atoms with van der Waals surface area (Å²) in [6, 6.07) is 22.4. The molecule has 1 aliphatic heterocycles. The quantitative estimate of drug-likeness (QED) is 0.553. The number of benzene rings is 3. The van der Waals surface area contributed by atoms with Gasteiger partial charge in [-0.25, -0.2) is 4.39 Å². The maximum absolute atomic E-state index is 14.5. The van der Waals surface area contributed by atoms with E-state index in [0.717, 1.165) is 19.6 Å². The fraction of sp³-hybridized carbons (Fsp3) is 0.280. The fourth-order valence-corrected chi connectivity index (χ4v) is 5.17. The van der Waals surface area contributed by atoms with Crippen molar-refractivity contribution in [1.29, 1.82) is 0 Å². The van der Waals surface area contributed by atoms with Crippen molar-refractivity contribution in [3.8, 4) is 0 Å². The van der Waals surface area contributed by atoms with Crippen molar-refractivity contribution in [2.45, 2.75) is 31.1 Å². The predicted molar refractivity (Wildman–Crippen MR) is 123 cm³/mol. The Morgan fingerprint density at radius 1 is 0.933 bits per heavy atom. The number of hydrogen-bond donors (Lipinski definition) is 2. The minimum atomic E-state index is -0.209. The Hall–Kier alpha value is -1.85. The van der Waals surface area contributed by atoms with Gasteiger partial charge >= 0.3 is 0 Å². The molecule has 0 bridgehead atoms. The number of aryl methyl sites for hydroxylation is 1. The molecular weight excluding hydrogens is 415 g/mol. The Balaban J connectivity index is 1.66. The number of quaternary nitrogens is 2. The van der Waals surface area contributed by atoms with Gasteiger partial charge in [-0.3, -0.25) is 9.80 Å². The third-order valence-corrected chi connectivity index (χ3v) is 7.27. The lowest BCUT2D eigenvalue weighted by molar-refractivity contribution is -1.09. The number of hydrogen-bond acceptors (Lipinski definition) is 1. The summed E-state index contributed by atoms with van der Waals surface area (Å²) in [7, 11) is 0. The highest BCUT2D eigenvalue weighted by atomic mass is 35.5. The van der Waals surface area contributed by atoms with Gasteiger partial charge in [0, 0.05) is 10.5 Å². The minimum Gasteiger partial charge on any atom is -0.274 e. The highest BCUT2D eigenvalue weighted by molar-refractivity contribution is 7.98. The molecule has 2 nitrogen and oxygen atoms in total. The van der Waals surface area contributed by atoms with E-state index in [1.807, 2.05) is 0 Å². The Kier molecular flexibility index (Phi) is 6.79. The largest absolute Gasteiger partial charge is 0.274 e. The van der Waals surface area contributed by atoms with E-state index in [9.17, 15) is 4.39 Å². The average Bonchev–Trinajstić information content (AvgIpc) is 3.14. The molecule has 2 N–H and O–H groups in total. The van der Waals surface area contributed by atoms with Crippen LogP contribution in [0, 0.1) is 12.7 Å². The molecule has 0 aliphatic carbocycles. The smallest absolute Gasteiger partial charge is 0.241 e. The molecule has 1 saturated heterocycles. The van der Waals surface area contributed by atoms with Crippen molar-refractivity contribution in [3.63, 3.8) is 0 Å². The standard InChI is InChI=1S/C25H26ClFN2S/c1-18-6-3-4-7-20(18)16-28-14-15-29(17-22-23(26)8-5-9-24(22)27)25(28)19-10-12-21(30-2)13-11-19/h3-13,25H,14-17H2,1-2H3/p+2. The molecule has 3 unspecified atom stereocenters. The van der Waals surface area contributed by atoms with Crippen LogP contribution in [0.3, 0.4) is 0 Å². The van der Waals surface area contributed by atoms with Crippen molar-refractivity contribution in [3.05, 3.63) is 99.8 Å². The summed E-state index contributed by atoms with van der Waals surface area (Å²) in [6.45, 7) is 5.77. The summed E-state index contributed by atoms with van der Waals surface area (Å²) in [4.78, 5) is 4.14. The van der Waals surface area contributed by atoms with E-state index in [0.29, 0.717) is 17.1 Å². The monoisotopic (exact) mass is 442 g/mol. The fourth-order valence-electron chi connectivity index (χ4n) is 4.53. The van der Waals surface area contributed by atoms with E-state index >= 15 is 0 Å². The second-order valence-corrected chi connectivity index (χ2v) is 9.29. The topological polar surface area (TPSA) is 8.88 Å². The predicted octanol–water partition coefficient (Wildman–Crippen LogP) is 3.69.